The summed E-state index contributed by atoms with van der Waals surface area (Å²) in [6.45, 7) is 7.62. The van der Waals surface area contributed by atoms with Gasteiger partial charge in [0, 0.05) is 17.3 Å². The third kappa shape index (κ3) is 3.24. The van der Waals surface area contributed by atoms with Gasteiger partial charge in [-0.25, -0.2) is 8.78 Å². The summed E-state index contributed by atoms with van der Waals surface area (Å²) >= 11 is 0. The SMILES string of the molecule is C=CC(C)c1cc(F)c(CCCC)c(F)c1-c1ccccn1. The lowest BCUT2D eigenvalue weighted by atomic mass is 9.90. The Labute approximate surface area is 130 Å². The van der Waals surface area contributed by atoms with E-state index in [9.17, 15) is 8.78 Å². The fraction of sp³-hybridized carbons (Fsp3) is 0.316. The Kier molecular flexibility index (Phi) is 5.42. The summed E-state index contributed by atoms with van der Waals surface area (Å²) in [4.78, 5) is 4.24. The van der Waals surface area contributed by atoms with Gasteiger partial charge in [-0.3, -0.25) is 4.98 Å². The Balaban J connectivity index is 2.68. The van der Waals surface area contributed by atoms with Crippen LogP contribution >= 0.6 is 0 Å². The molecular weight excluding hydrogens is 280 g/mol. The average molecular weight is 301 g/mol. The Morgan fingerprint density at radius 3 is 2.68 bits per heavy atom. The summed E-state index contributed by atoms with van der Waals surface area (Å²) in [5.74, 6) is -1.12. The van der Waals surface area contributed by atoms with Crippen LogP contribution < -0.4 is 0 Å². The van der Waals surface area contributed by atoms with Crippen molar-refractivity contribution >= 4 is 0 Å². The summed E-state index contributed by atoms with van der Waals surface area (Å²) in [5.41, 5.74) is 1.66. The van der Waals surface area contributed by atoms with Crippen LogP contribution in [-0.2, 0) is 6.42 Å². The van der Waals surface area contributed by atoms with Gasteiger partial charge in [0.05, 0.1) is 5.69 Å². The first kappa shape index (κ1) is 16.3. The van der Waals surface area contributed by atoms with Crippen molar-refractivity contribution in [2.45, 2.75) is 39.0 Å². The fourth-order valence-electron chi connectivity index (χ4n) is 2.52. The maximum absolute atomic E-state index is 15.0. The molecule has 0 aliphatic carbocycles. The van der Waals surface area contributed by atoms with E-state index in [2.05, 4.69) is 11.6 Å². The highest BCUT2D eigenvalue weighted by atomic mass is 19.1. The first-order valence-electron chi connectivity index (χ1n) is 7.64. The normalized spacial score (nSPS) is 12.2. The third-order valence-electron chi connectivity index (χ3n) is 3.89. The largest absolute Gasteiger partial charge is 0.256 e. The summed E-state index contributed by atoms with van der Waals surface area (Å²) in [5, 5.41) is 0. The number of rotatable bonds is 6. The first-order valence-corrected chi connectivity index (χ1v) is 7.64. The third-order valence-corrected chi connectivity index (χ3v) is 3.89. The van der Waals surface area contributed by atoms with Gasteiger partial charge >= 0.3 is 0 Å². The number of hydrogen-bond acceptors (Lipinski definition) is 1. The van der Waals surface area contributed by atoms with Crippen LogP contribution in [0.3, 0.4) is 0 Å². The van der Waals surface area contributed by atoms with Crippen LogP contribution in [0, 0.1) is 11.6 Å². The van der Waals surface area contributed by atoms with E-state index in [0.717, 1.165) is 12.8 Å². The molecule has 1 nitrogen and oxygen atoms in total. The van der Waals surface area contributed by atoms with Crippen molar-refractivity contribution in [3.05, 3.63) is 65.9 Å². The maximum Gasteiger partial charge on any atom is 0.139 e. The van der Waals surface area contributed by atoms with Crippen LogP contribution in [0.4, 0.5) is 8.78 Å². The standard InChI is InChI=1S/C19H21F2N/c1-4-6-9-14-16(20)12-15(13(3)5-2)18(19(14)21)17-10-7-8-11-22-17/h5,7-8,10-13H,2,4,6,9H2,1,3H3. The second-order valence-electron chi connectivity index (χ2n) is 5.46. The zero-order valence-corrected chi connectivity index (χ0v) is 13.1. The molecule has 0 saturated heterocycles. The van der Waals surface area contributed by atoms with Crippen LogP contribution in [0.1, 0.15) is 43.7 Å². The van der Waals surface area contributed by atoms with Gasteiger partial charge < -0.3 is 0 Å². The fourth-order valence-corrected chi connectivity index (χ4v) is 2.52. The van der Waals surface area contributed by atoms with Crippen molar-refractivity contribution in [2.24, 2.45) is 0 Å². The van der Waals surface area contributed by atoms with Gasteiger partial charge in [-0.1, -0.05) is 32.4 Å². The highest BCUT2D eigenvalue weighted by Gasteiger charge is 2.22. The molecule has 3 heteroatoms. The molecule has 0 radical (unpaired) electrons. The van der Waals surface area contributed by atoms with Crippen molar-refractivity contribution in [3.63, 3.8) is 0 Å². The van der Waals surface area contributed by atoms with Gasteiger partial charge in [-0.15, -0.1) is 6.58 Å². The van der Waals surface area contributed by atoms with Gasteiger partial charge in [0.2, 0.25) is 0 Å². The lowest BCUT2D eigenvalue weighted by molar-refractivity contribution is 0.547. The molecule has 1 aromatic carbocycles. The zero-order valence-electron chi connectivity index (χ0n) is 13.1. The topological polar surface area (TPSA) is 12.9 Å². The highest BCUT2D eigenvalue weighted by molar-refractivity contribution is 5.67. The molecule has 0 aliphatic rings. The number of aromatic nitrogens is 1. The monoisotopic (exact) mass is 301 g/mol. The minimum absolute atomic E-state index is 0.152. The van der Waals surface area contributed by atoms with Gasteiger partial charge in [0.15, 0.2) is 0 Å². The molecule has 1 heterocycles. The second kappa shape index (κ2) is 7.30. The van der Waals surface area contributed by atoms with Crippen molar-refractivity contribution in [3.8, 4) is 11.3 Å². The van der Waals surface area contributed by atoms with E-state index in [1.807, 2.05) is 13.8 Å². The molecule has 2 rings (SSSR count). The predicted octanol–water partition coefficient (Wildman–Crippen LogP) is 5.66. The number of pyridine rings is 1. The molecule has 0 spiro atoms. The highest BCUT2D eigenvalue weighted by Crippen LogP contribution is 2.34. The minimum atomic E-state index is -0.490. The Morgan fingerprint density at radius 1 is 1.32 bits per heavy atom. The van der Waals surface area contributed by atoms with Crippen LogP contribution in [0.2, 0.25) is 0 Å². The lowest BCUT2D eigenvalue weighted by Gasteiger charge is -2.17. The molecule has 22 heavy (non-hydrogen) atoms. The van der Waals surface area contributed by atoms with E-state index in [-0.39, 0.29) is 11.5 Å². The first-order chi connectivity index (χ1) is 10.6. The molecule has 0 aliphatic heterocycles. The van der Waals surface area contributed by atoms with Crippen LogP contribution in [-0.4, -0.2) is 4.98 Å². The molecule has 0 fully saturated rings. The van der Waals surface area contributed by atoms with E-state index in [1.54, 1.807) is 30.5 Å². The maximum atomic E-state index is 15.0. The van der Waals surface area contributed by atoms with Crippen LogP contribution in [0.25, 0.3) is 11.3 Å². The lowest BCUT2D eigenvalue weighted by Crippen LogP contribution is -2.05. The van der Waals surface area contributed by atoms with Crippen LogP contribution in [0.15, 0.2) is 43.1 Å². The number of halogens is 2. The molecule has 1 aromatic heterocycles. The van der Waals surface area contributed by atoms with Gasteiger partial charge in [0.1, 0.15) is 11.6 Å². The van der Waals surface area contributed by atoms with Crippen molar-refractivity contribution < 1.29 is 8.78 Å². The summed E-state index contributed by atoms with van der Waals surface area (Å²) in [6, 6.07) is 6.77. The van der Waals surface area contributed by atoms with Crippen molar-refractivity contribution in [1.82, 2.24) is 4.98 Å². The number of hydrogen-bond donors (Lipinski definition) is 0. The quantitative estimate of drug-likeness (QED) is 0.627. The molecule has 1 unspecified atom stereocenters. The molecule has 0 saturated carbocycles. The van der Waals surface area contributed by atoms with Gasteiger partial charge in [-0.05, 0) is 42.5 Å². The summed E-state index contributed by atoms with van der Waals surface area (Å²) in [7, 11) is 0. The molecule has 0 amide bonds. The summed E-state index contributed by atoms with van der Waals surface area (Å²) in [6.07, 6.45) is 5.35. The smallest absolute Gasteiger partial charge is 0.139 e. The summed E-state index contributed by atoms with van der Waals surface area (Å²) < 4.78 is 29.3. The molecule has 116 valence electrons. The number of nitrogens with zero attached hydrogens (tertiary/aromatic N) is 1. The van der Waals surface area contributed by atoms with Crippen molar-refractivity contribution in [2.75, 3.05) is 0 Å². The minimum Gasteiger partial charge on any atom is -0.256 e. The average Bonchev–Trinajstić information content (AvgIpc) is 2.54. The van der Waals surface area contributed by atoms with Gasteiger partial charge in [-0.2, -0.15) is 0 Å². The van der Waals surface area contributed by atoms with Crippen molar-refractivity contribution in [1.29, 1.82) is 0 Å². The van der Waals surface area contributed by atoms with E-state index >= 15 is 0 Å². The Morgan fingerprint density at radius 2 is 2.09 bits per heavy atom. The van der Waals surface area contributed by atoms with Crippen LogP contribution in [0.5, 0.6) is 0 Å². The van der Waals surface area contributed by atoms with E-state index in [1.165, 1.54) is 6.07 Å². The Hall–Kier alpha value is -2.03. The molecule has 0 bridgehead atoms. The number of allylic oxidation sites excluding steroid dienone is 1. The predicted molar refractivity (Wildman–Crippen MR) is 86.8 cm³/mol. The Bertz CT molecular complexity index is 650. The van der Waals surface area contributed by atoms with Gasteiger partial charge in [0.25, 0.3) is 0 Å². The van der Waals surface area contributed by atoms with E-state index in [0.29, 0.717) is 23.2 Å². The molecule has 1 atom stereocenters. The van der Waals surface area contributed by atoms with E-state index in [4.69, 9.17) is 0 Å². The number of benzene rings is 1. The zero-order chi connectivity index (χ0) is 16.1. The molecule has 2 aromatic rings. The molecule has 0 N–H and O–H groups in total. The van der Waals surface area contributed by atoms with E-state index < -0.39 is 11.6 Å². The second-order valence-corrected chi connectivity index (χ2v) is 5.46. The molecular formula is C19H21F2N. The number of unbranched alkanes of at least 4 members (excludes halogenated alkanes) is 1.